The third kappa shape index (κ3) is 3.46. The number of amides is 1. The van der Waals surface area contributed by atoms with Gasteiger partial charge in [-0.15, -0.1) is 16.5 Å². The predicted octanol–water partition coefficient (Wildman–Crippen LogP) is 3.80. The van der Waals surface area contributed by atoms with Crippen molar-refractivity contribution in [2.75, 3.05) is 18.3 Å². The van der Waals surface area contributed by atoms with Crippen molar-refractivity contribution in [3.05, 3.63) is 50.7 Å². The van der Waals surface area contributed by atoms with Gasteiger partial charge in [0.1, 0.15) is 16.1 Å². The van der Waals surface area contributed by atoms with Gasteiger partial charge in [-0.3, -0.25) is 4.79 Å². The van der Waals surface area contributed by atoms with Gasteiger partial charge in [-0.25, -0.2) is 26.7 Å². The first-order valence-electron chi connectivity index (χ1n) is 8.24. The zero-order valence-corrected chi connectivity index (χ0v) is 15.5. The number of carbonyl (C=O) groups excluding carboxylic acids is 2. The van der Waals surface area contributed by atoms with E-state index in [1.54, 1.807) is 0 Å². The molecule has 1 aromatic heterocycles. The van der Waals surface area contributed by atoms with Crippen LogP contribution in [0, 0.1) is 29.1 Å². The lowest BCUT2D eigenvalue weighted by molar-refractivity contribution is 0.0525. The second-order valence-electron chi connectivity index (χ2n) is 5.86. The van der Waals surface area contributed by atoms with E-state index in [0.717, 1.165) is 0 Å². The van der Waals surface area contributed by atoms with Crippen molar-refractivity contribution in [2.45, 2.75) is 19.9 Å². The SMILES string of the molecule is CCOC(=O)c1c(N(F)C(=O)c2c(F)c(F)c(F)c(F)c2F)sc2c1CCNC2. The lowest BCUT2D eigenvalue weighted by Gasteiger charge is -2.15. The highest BCUT2D eigenvalue weighted by Crippen LogP contribution is 2.40. The molecule has 0 aliphatic carbocycles. The molecule has 0 bridgehead atoms. The molecule has 1 N–H and O–H groups in total. The Balaban J connectivity index is 2.12. The fraction of sp³-hybridized carbons (Fsp3) is 0.294. The summed E-state index contributed by atoms with van der Waals surface area (Å²) in [6.45, 7) is 2.09. The highest BCUT2D eigenvalue weighted by Gasteiger charge is 2.37. The molecular formula is C17H12F6N2O3S. The smallest absolute Gasteiger partial charge is 0.341 e. The highest BCUT2D eigenvalue weighted by atomic mass is 32.1. The molecule has 0 saturated heterocycles. The maximum absolute atomic E-state index is 14.9. The number of anilines is 1. The van der Waals surface area contributed by atoms with Crippen molar-refractivity contribution in [3.8, 4) is 0 Å². The summed E-state index contributed by atoms with van der Waals surface area (Å²) < 4.78 is 87.5. The molecule has 5 nitrogen and oxygen atoms in total. The third-order valence-corrected chi connectivity index (χ3v) is 5.36. The molecule has 0 spiro atoms. The van der Waals surface area contributed by atoms with Crippen molar-refractivity contribution in [3.63, 3.8) is 0 Å². The van der Waals surface area contributed by atoms with Gasteiger partial charge in [-0.1, -0.05) is 4.48 Å². The van der Waals surface area contributed by atoms with E-state index >= 15 is 0 Å². The van der Waals surface area contributed by atoms with Crippen LogP contribution in [0.4, 0.5) is 31.4 Å². The summed E-state index contributed by atoms with van der Waals surface area (Å²) in [5, 5.41) is 1.50. The number of halogens is 6. The van der Waals surface area contributed by atoms with E-state index in [1.807, 2.05) is 0 Å². The Morgan fingerprint density at radius 3 is 2.21 bits per heavy atom. The number of hydrogen-bond donors (Lipinski definition) is 1. The highest BCUT2D eigenvalue weighted by molar-refractivity contribution is 7.17. The summed E-state index contributed by atoms with van der Waals surface area (Å²) in [5.74, 6) is -15.3. The molecule has 12 heteroatoms. The van der Waals surface area contributed by atoms with E-state index in [0.29, 0.717) is 28.3 Å². The van der Waals surface area contributed by atoms with Crippen molar-refractivity contribution in [1.29, 1.82) is 0 Å². The number of carbonyl (C=O) groups is 2. The van der Waals surface area contributed by atoms with Gasteiger partial charge in [-0.05, 0) is 25.5 Å². The van der Waals surface area contributed by atoms with Gasteiger partial charge in [0, 0.05) is 11.4 Å². The maximum atomic E-state index is 14.9. The quantitative estimate of drug-likeness (QED) is 0.260. The van der Waals surface area contributed by atoms with Gasteiger partial charge >= 0.3 is 5.97 Å². The summed E-state index contributed by atoms with van der Waals surface area (Å²) >= 11 is 0.631. The molecule has 0 saturated carbocycles. The van der Waals surface area contributed by atoms with Crippen LogP contribution in [-0.2, 0) is 17.7 Å². The number of nitrogens with zero attached hydrogens (tertiary/aromatic N) is 1. The van der Waals surface area contributed by atoms with E-state index in [1.165, 1.54) is 6.92 Å². The molecule has 3 rings (SSSR count). The van der Waals surface area contributed by atoms with Gasteiger partial charge in [-0.2, -0.15) is 0 Å². The number of ether oxygens (including phenoxy) is 1. The van der Waals surface area contributed by atoms with Crippen molar-refractivity contribution < 1.29 is 40.8 Å². The topological polar surface area (TPSA) is 58.6 Å². The Kier molecular flexibility index (Phi) is 5.85. The first-order chi connectivity index (χ1) is 13.7. The average molecular weight is 438 g/mol. The normalized spacial score (nSPS) is 13.2. The molecule has 2 heterocycles. The van der Waals surface area contributed by atoms with Crippen LogP contribution in [0.25, 0.3) is 0 Å². The van der Waals surface area contributed by atoms with Crippen LogP contribution in [0.15, 0.2) is 0 Å². The van der Waals surface area contributed by atoms with Crippen LogP contribution >= 0.6 is 11.3 Å². The molecule has 1 aliphatic rings. The first kappa shape index (κ1) is 21.1. The van der Waals surface area contributed by atoms with Gasteiger partial charge < -0.3 is 10.1 Å². The first-order valence-corrected chi connectivity index (χ1v) is 9.06. The zero-order valence-electron chi connectivity index (χ0n) is 14.7. The molecule has 0 radical (unpaired) electrons. The average Bonchev–Trinajstić information content (AvgIpc) is 3.10. The van der Waals surface area contributed by atoms with Crippen LogP contribution in [0.2, 0.25) is 0 Å². The van der Waals surface area contributed by atoms with E-state index in [4.69, 9.17) is 4.74 Å². The van der Waals surface area contributed by atoms with Crippen LogP contribution in [0.3, 0.4) is 0 Å². The number of thiophene rings is 1. The van der Waals surface area contributed by atoms with Crippen LogP contribution < -0.4 is 10.4 Å². The Morgan fingerprint density at radius 2 is 1.62 bits per heavy atom. The fourth-order valence-electron chi connectivity index (χ4n) is 2.86. The minimum Gasteiger partial charge on any atom is -0.462 e. The standard InChI is InChI=1S/C17H12F6N2O3S/c1-2-28-17(27)8-6-3-4-24-5-7(6)29-16(8)25(23)15(26)9-10(18)12(20)14(22)13(21)11(9)19/h24H,2-5H2,1H3. The Hall–Kier alpha value is -2.60. The molecule has 0 unspecified atom stereocenters. The number of esters is 1. The number of fused-ring (bicyclic) bond motifs is 1. The summed E-state index contributed by atoms with van der Waals surface area (Å²) in [6.07, 6.45) is 0.282. The summed E-state index contributed by atoms with van der Waals surface area (Å²) in [5.41, 5.74) is -1.91. The molecule has 29 heavy (non-hydrogen) atoms. The molecule has 0 atom stereocenters. The van der Waals surface area contributed by atoms with Crippen LogP contribution in [-0.4, -0.2) is 25.0 Å². The Labute approximate surface area is 163 Å². The van der Waals surface area contributed by atoms with Gasteiger partial charge in [0.25, 0.3) is 5.91 Å². The minimum absolute atomic E-state index is 0.0704. The molecule has 1 aliphatic heterocycles. The number of hydrogen-bond acceptors (Lipinski definition) is 5. The molecular weight excluding hydrogens is 426 g/mol. The summed E-state index contributed by atoms with van der Waals surface area (Å²) in [6, 6.07) is 0. The molecule has 156 valence electrons. The second-order valence-corrected chi connectivity index (χ2v) is 6.95. The maximum Gasteiger partial charge on any atom is 0.341 e. The summed E-state index contributed by atoms with van der Waals surface area (Å²) in [7, 11) is 0. The van der Waals surface area contributed by atoms with Crippen LogP contribution in [0.1, 0.15) is 38.1 Å². The molecule has 1 amide bonds. The van der Waals surface area contributed by atoms with E-state index in [-0.39, 0.29) is 25.1 Å². The van der Waals surface area contributed by atoms with Crippen molar-refractivity contribution in [1.82, 2.24) is 5.32 Å². The zero-order chi connectivity index (χ0) is 21.5. The van der Waals surface area contributed by atoms with Crippen molar-refractivity contribution in [2.24, 2.45) is 0 Å². The molecule has 2 aromatic rings. The Bertz CT molecular complexity index is 981. The Morgan fingerprint density at radius 1 is 1.03 bits per heavy atom. The number of rotatable bonds is 4. The number of benzene rings is 1. The summed E-state index contributed by atoms with van der Waals surface area (Å²) in [4.78, 5) is 25.1. The number of nitrogens with one attached hydrogen (secondary N) is 1. The largest absolute Gasteiger partial charge is 0.462 e. The van der Waals surface area contributed by atoms with Gasteiger partial charge in [0.15, 0.2) is 23.3 Å². The lowest BCUT2D eigenvalue weighted by atomic mass is 10.0. The van der Waals surface area contributed by atoms with Crippen molar-refractivity contribution >= 4 is 28.2 Å². The lowest BCUT2D eigenvalue weighted by Crippen LogP contribution is -2.27. The second kappa shape index (κ2) is 8.03. The fourth-order valence-corrected chi connectivity index (χ4v) is 4.06. The van der Waals surface area contributed by atoms with Crippen LogP contribution in [0.5, 0.6) is 0 Å². The van der Waals surface area contributed by atoms with E-state index in [9.17, 15) is 36.0 Å². The predicted molar refractivity (Wildman–Crippen MR) is 89.8 cm³/mol. The van der Waals surface area contributed by atoms with E-state index in [2.05, 4.69) is 5.32 Å². The molecule has 0 fully saturated rings. The van der Waals surface area contributed by atoms with E-state index < -0.39 is 56.6 Å². The van der Waals surface area contributed by atoms with Gasteiger partial charge in [0.2, 0.25) is 5.82 Å². The monoisotopic (exact) mass is 438 g/mol. The molecule has 1 aromatic carbocycles. The minimum atomic E-state index is -2.48. The van der Waals surface area contributed by atoms with Gasteiger partial charge in [0.05, 0.1) is 6.61 Å². The third-order valence-electron chi connectivity index (χ3n) is 4.17.